The minimum Gasteiger partial charge on any atom is -0.415 e. The van der Waals surface area contributed by atoms with Crippen LogP contribution in [0.5, 0.6) is 0 Å². The zero-order valence-electron chi connectivity index (χ0n) is 6.96. The number of halogens is 1. The molecule has 2 unspecified atom stereocenters. The van der Waals surface area contributed by atoms with Crippen LogP contribution in [-0.4, -0.2) is 10.2 Å². The molecular weight excluding hydrogens is 220 g/mol. The first-order valence-corrected chi connectivity index (χ1v) is 5.05. The third-order valence-electron chi connectivity index (χ3n) is 2.59. The van der Waals surface area contributed by atoms with Crippen LogP contribution in [0.4, 0.5) is 0 Å². The van der Waals surface area contributed by atoms with Crippen molar-refractivity contribution in [1.29, 1.82) is 0 Å². The number of hydrogen-bond acceptors (Lipinski definition) is 3. The lowest BCUT2D eigenvalue weighted by molar-refractivity contribution is 0.390. The molecule has 2 atom stereocenters. The lowest BCUT2D eigenvalue weighted by Crippen LogP contribution is -2.01. The molecule has 3 nitrogen and oxygen atoms in total. The second-order valence-electron chi connectivity index (χ2n) is 3.41. The predicted octanol–water partition coefficient (Wildman–Crippen LogP) is 2.74. The van der Waals surface area contributed by atoms with Gasteiger partial charge in [0.15, 0.2) is 0 Å². The molecule has 0 N–H and O–H groups in total. The molecule has 0 radical (unpaired) electrons. The quantitative estimate of drug-likeness (QED) is 0.745. The summed E-state index contributed by atoms with van der Waals surface area (Å²) in [6.07, 6.45) is 3.76. The van der Waals surface area contributed by atoms with Gasteiger partial charge < -0.3 is 4.42 Å². The summed E-state index contributed by atoms with van der Waals surface area (Å²) < 4.78 is 5.33. The number of hydrogen-bond donors (Lipinski definition) is 0. The van der Waals surface area contributed by atoms with E-state index in [1.807, 2.05) is 0 Å². The Morgan fingerprint density at radius 1 is 1.42 bits per heavy atom. The van der Waals surface area contributed by atoms with Crippen LogP contribution in [0.2, 0.25) is 0 Å². The van der Waals surface area contributed by atoms with E-state index < -0.39 is 0 Å². The Bertz CT molecular complexity index is 274. The fraction of sp³-hybridized carbons (Fsp3) is 0.750. The standard InChI is InChI=1S/C8H11BrN2O/c1-5-3-2-4-6(5)7-10-11-8(9)12-7/h5-6H,2-4H2,1H3. The first kappa shape index (κ1) is 8.23. The Kier molecular flexibility index (Phi) is 2.17. The van der Waals surface area contributed by atoms with Gasteiger partial charge in [-0.1, -0.05) is 13.3 Å². The van der Waals surface area contributed by atoms with Crippen LogP contribution in [0.1, 0.15) is 38.0 Å². The van der Waals surface area contributed by atoms with Crippen molar-refractivity contribution in [2.24, 2.45) is 5.92 Å². The maximum Gasteiger partial charge on any atom is 0.284 e. The lowest BCUT2D eigenvalue weighted by Gasteiger charge is -2.08. The van der Waals surface area contributed by atoms with Crippen LogP contribution in [0.25, 0.3) is 0 Å². The summed E-state index contributed by atoms with van der Waals surface area (Å²) in [6.45, 7) is 2.25. The van der Waals surface area contributed by atoms with E-state index in [-0.39, 0.29) is 0 Å². The van der Waals surface area contributed by atoms with Gasteiger partial charge in [-0.05, 0) is 18.8 Å². The molecule has 0 spiro atoms. The molecule has 12 heavy (non-hydrogen) atoms. The largest absolute Gasteiger partial charge is 0.415 e. The monoisotopic (exact) mass is 230 g/mol. The van der Waals surface area contributed by atoms with Gasteiger partial charge in [-0.2, -0.15) is 0 Å². The van der Waals surface area contributed by atoms with Crippen molar-refractivity contribution in [3.8, 4) is 0 Å². The fourth-order valence-electron chi connectivity index (χ4n) is 1.88. The molecule has 1 aromatic heterocycles. The maximum atomic E-state index is 5.33. The van der Waals surface area contributed by atoms with Crippen LogP contribution in [0.15, 0.2) is 9.22 Å². The van der Waals surface area contributed by atoms with Crippen molar-refractivity contribution in [3.05, 3.63) is 10.7 Å². The molecular formula is C8H11BrN2O. The van der Waals surface area contributed by atoms with Gasteiger partial charge in [0.05, 0.1) is 0 Å². The zero-order chi connectivity index (χ0) is 8.55. The highest BCUT2D eigenvalue weighted by molar-refractivity contribution is 9.10. The molecule has 0 bridgehead atoms. The van der Waals surface area contributed by atoms with Crippen LogP contribution < -0.4 is 0 Å². The molecule has 2 rings (SSSR count). The molecule has 0 aromatic carbocycles. The Balaban J connectivity index is 2.19. The van der Waals surface area contributed by atoms with Crippen molar-refractivity contribution in [3.63, 3.8) is 0 Å². The molecule has 0 aliphatic heterocycles. The zero-order valence-corrected chi connectivity index (χ0v) is 8.54. The summed E-state index contributed by atoms with van der Waals surface area (Å²) in [5.41, 5.74) is 0. The summed E-state index contributed by atoms with van der Waals surface area (Å²) in [7, 11) is 0. The van der Waals surface area contributed by atoms with Crippen LogP contribution in [-0.2, 0) is 0 Å². The van der Waals surface area contributed by atoms with Gasteiger partial charge in [-0.15, -0.1) is 10.2 Å². The molecule has 1 aliphatic rings. The van der Waals surface area contributed by atoms with Crippen LogP contribution >= 0.6 is 15.9 Å². The topological polar surface area (TPSA) is 38.9 Å². The van der Waals surface area contributed by atoms with E-state index in [1.54, 1.807) is 0 Å². The predicted molar refractivity (Wildman–Crippen MR) is 47.8 cm³/mol. The van der Waals surface area contributed by atoms with Gasteiger partial charge in [-0.25, -0.2) is 0 Å². The third kappa shape index (κ3) is 1.40. The van der Waals surface area contributed by atoms with E-state index in [1.165, 1.54) is 19.3 Å². The molecule has 0 saturated heterocycles. The average molecular weight is 231 g/mol. The molecule has 0 amide bonds. The molecule has 1 fully saturated rings. The van der Waals surface area contributed by atoms with Crippen molar-refractivity contribution in [2.75, 3.05) is 0 Å². The number of rotatable bonds is 1. The average Bonchev–Trinajstić information content (AvgIpc) is 2.58. The Morgan fingerprint density at radius 2 is 2.25 bits per heavy atom. The highest BCUT2D eigenvalue weighted by Gasteiger charge is 2.29. The van der Waals surface area contributed by atoms with E-state index in [0.29, 0.717) is 16.6 Å². The highest BCUT2D eigenvalue weighted by Crippen LogP contribution is 2.38. The first-order chi connectivity index (χ1) is 5.77. The normalized spacial score (nSPS) is 29.5. The summed E-state index contributed by atoms with van der Waals surface area (Å²) in [5.74, 6) is 1.98. The lowest BCUT2D eigenvalue weighted by atomic mass is 9.98. The van der Waals surface area contributed by atoms with E-state index in [0.717, 1.165) is 5.89 Å². The fourth-order valence-corrected chi connectivity index (χ4v) is 2.12. The van der Waals surface area contributed by atoms with Gasteiger partial charge in [0.2, 0.25) is 5.89 Å². The van der Waals surface area contributed by atoms with Gasteiger partial charge in [-0.3, -0.25) is 0 Å². The molecule has 66 valence electrons. The van der Waals surface area contributed by atoms with E-state index in [2.05, 4.69) is 33.1 Å². The molecule has 1 aromatic rings. The van der Waals surface area contributed by atoms with Crippen LogP contribution in [0.3, 0.4) is 0 Å². The van der Waals surface area contributed by atoms with Crippen molar-refractivity contribution in [1.82, 2.24) is 10.2 Å². The third-order valence-corrected chi connectivity index (χ3v) is 2.92. The van der Waals surface area contributed by atoms with E-state index in [4.69, 9.17) is 4.42 Å². The van der Waals surface area contributed by atoms with E-state index in [9.17, 15) is 0 Å². The summed E-state index contributed by atoms with van der Waals surface area (Å²) in [5, 5.41) is 7.78. The molecule has 1 heterocycles. The van der Waals surface area contributed by atoms with Gasteiger partial charge in [0, 0.05) is 21.8 Å². The SMILES string of the molecule is CC1CCCC1c1nnc(Br)o1. The van der Waals surface area contributed by atoms with Crippen molar-refractivity contribution in [2.45, 2.75) is 32.1 Å². The second-order valence-corrected chi connectivity index (χ2v) is 4.09. The Labute approximate surface area is 79.7 Å². The minimum absolute atomic E-state index is 0.490. The maximum absolute atomic E-state index is 5.33. The number of nitrogens with zero attached hydrogens (tertiary/aromatic N) is 2. The van der Waals surface area contributed by atoms with Crippen molar-refractivity contribution >= 4 is 15.9 Å². The van der Waals surface area contributed by atoms with Gasteiger partial charge >= 0.3 is 0 Å². The smallest absolute Gasteiger partial charge is 0.284 e. The highest BCUT2D eigenvalue weighted by atomic mass is 79.9. The van der Waals surface area contributed by atoms with Crippen LogP contribution in [0, 0.1) is 5.92 Å². The molecule has 1 saturated carbocycles. The minimum atomic E-state index is 0.490. The van der Waals surface area contributed by atoms with E-state index >= 15 is 0 Å². The van der Waals surface area contributed by atoms with Crippen molar-refractivity contribution < 1.29 is 4.42 Å². The summed E-state index contributed by atoms with van der Waals surface area (Å²) in [6, 6.07) is 0. The second kappa shape index (κ2) is 3.17. The summed E-state index contributed by atoms with van der Waals surface area (Å²) >= 11 is 3.16. The first-order valence-electron chi connectivity index (χ1n) is 4.26. The Hall–Kier alpha value is -0.380. The molecule has 4 heteroatoms. The molecule has 1 aliphatic carbocycles. The summed E-state index contributed by atoms with van der Waals surface area (Å²) in [4.78, 5) is 0.497. The van der Waals surface area contributed by atoms with Gasteiger partial charge in [0.1, 0.15) is 0 Å². The number of aromatic nitrogens is 2. The van der Waals surface area contributed by atoms with Gasteiger partial charge in [0.25, 0.3) is 4.80 Å². The Morgan fingerprint density at radius 3 is 2.75 bits per heavy atom.